The van der Waals surface area contributed by atoms with Gasteiger partial charge in [-0.2, -0.15) is 0 Å². The Hall–Kier alpha value is -2.83. The number of ketones is 1. The number of fused-ring (bicyclic) bond motifs is 4. The molecular formula is C22H15N3OS2. The Morgan fingerprint density at radius 2 is 1.93 bits per heavy atom. The Morgan fingerprint density at radius 1 is 1.07 bits per heavy atom. The number of aromatic nitrogens is 3. The highest BCUT2D eigenvalue weighted by Gasteiger charge is 2.15. The van der Waals surface area contributed by atoms with Crippen LogP contribution in [0.25, 0.3) is 31.3 Å². The highest BCUT2D eigenvalue weighted by atomic mass is 32.2. The van der Waals surface area contributed by atoms with E-state index in [9.17, 15) is 4.79 Å². The first-order chi connectivity index (χ1) is 13.7. The number of nitrogens with zero attached hydrogens (tertiary/aromatic N) is 3. The number of thiophene rings is 1. The van der Waals surface area contributed by atoms with Gasteiger partial charge in [0, 0.05) is 16.3 Å². The molecule has 3 heterocycles. The Bertz CT molecular complexity index is 1350. The van der Waals surface area contributed by atoms with Gasteiger partial charge in [0.1, 0.15) is 16.2 Å². The topological polar surface area (TPSA) is 55.7 Å². The predicted octanol–water partition coefficient (Wildman–Crippen LogP) is 5.68. The average molecular weight is 402 g/mol. The fraction of sp³-hybridized carbons (Fsp3) is 0.0909. The third-order valence-electron chi connectivity index (χ3n) is 4.60. The van der Waals surface area contributed by atoms with E-state index in [1.807, 2.05) is 30.3 Å². The third kappa shape index (κ3) is 3.04. The van der Waals surface area contributed by atoms with Crippen LogP contribution < -0.4 is 0 Å². The van der Waals surface area contributed by atoms with Gasteiger partial charge in [-0.05, 0) is 24.6 Å². The maximum Gasteiger partial charge on any atom is 0.173 e. The molecule has 0 fully saturated rings. The summed E-state index contributed by atoms with van der Waals surface area (Å²) in [6.45, 7) is 2.07. The molecule has 3 aromatic heterocycles. The third-order valence-corrected chi connectivity index (χ3v) is 6.81. The Kier molecular flexibility index (Phi) is 4.30. The van der Waals surface area contributed by atoms with Crippen LogP contribution in [-0.4, -0.2) is 26.5 Å². The van der Waals surface area contributed by atoms with E-state index in [0.29, 0.717) is 5.75 Å². The summed E-state index contributed by atoms with van der Waals surface area (Å²) in [5.74, 6) is 0.441. The lowest BCUT2D eigenvalue weighted by Crippen LogP contribution is -2.02. The summed E-state index contributed by atoms with van der Waals surface area (Å²) in [7, 11) is 0. The van der Waals surface area contributed by atoms with Crippen LogP contribution in [0.1, 0.15) is 15.9 Å². The Balaban J connectivity index is 1.55. The largest absolute Gasteiger partial charge is 0.293 e. The minimum absolute atomic E-state index is 0.0952. The molecule has 0 bridgehead atoms. The van der Waals surface area contributed by atoms with Crippen molar-refractivity contribution >= 4 is 60.2 Å². The first-order valence-corrected chi connectivity index (χ1v) is 10.6. The van der Waals surface area contributed by atoms with E-state index in [2.05, 4.69) is 41.2 Å². The van der Waals surface area contributed by atoms with Crippen molar-refractivity contribution in [3.63, 3.8) is 0 Å². The molecule has 28 heavy (non-hydrogen) atoms. The highest BCUT2D eigenvalue weighted by Crippen LogP contribution is 2.37. The van der Waals surface area contributed by atoms with Gasteiger partial charge in [0.15, 0.2) is 5.78 Å². The van der Waals surface area contributed by atoms with Crippen molar-refractivity contribution in [2.75, 3.05) is 5.75 Å². The zero-order valence-corrected chi connectivity index (χ0v) is 16.7. The van der Waals surface area contributed by atoms with E-state index in [-0.39, 0.29) is 5.78 Å². The maximum absolute atomic E-state index is 12.4. The van der Waals surface area contributed by atoms with Crippen LogP contribution in [0.3, 0.4) is 0 Å². The Labute approximate surface area is 169 Å². The number of pyridine rings is 1. The van der Waals surface area contributed by atoms with Crippen molar-refractivity contribution in [2.24, 2.45) is 0 Å². The second-order valence-corrected chi connectivity index (χ2v) is 8.54. The van der Waals surface area contributed by atoms with Gasteiger partial charge in [0.2, 0.25) is 0 Å². The fourth-order valence-corrected chi connectivity index (χ4v) is 5.28. The van der Waals surface area contributed by atoms with Crippen molar-refractivity contribution in [2.45, 2.75) is 11.9 Å². The average Bonchev–Trinajstić information content (AvgIpc) is 3.09. The Morgan fingerprint density at radius 3 is 2.79 bits per heavy atom. The molecule has 0 saturated heterocycles. The molecule has 0 spiro atoms. The summed E-state index contributed by atoms with van der Waals surface area (Å²) >= 11 is 3.05. The summed E-state index contributed by atoms with van der Waals surface area (Å²) in [4.78, 5) is 27.2. The van der Waals surface area contributed by atoms with Gasteiger partial charge >= 0.3 is 0 Å². The zero-order valence-electron chi connectivity index (χ0n) is 15.0. The smallest absolute Gasteiger partial charge is 0.173 e. The van der Waals surface area contributed by atoms with Crippen LogP contribution in [0.15, 0.2) is 66.0 Å². The lowest BCUT2D eigenvalue weighted by Gasteiger charge is -2.02. The minimum atomic E-state index is 0.0952. The molecule has 6 heteroatoms. The number of aryl methyl sites for hydroxylation is 1. The van der Waals surface area contributed by atoms with Gasteiger partial charge in [0.05, 0.1) is 21.5 Å². The molecule has 0 unspecified atom stereocenters. The first kappa shape index (κ1) is 17.3. The molecule has 5 rings (SSSR count). The number of Topliss-reactive ketones (excluding diaryl/α,β-unsaturated/α-hetero) is 1. The molecule has 136 valence electrons. The minimum Gasteiger partial charge on any atom is -0.293 e. The molecule has 0 aliphatic rings. The summed E-state index contributed by atoms with van der Waals surface area (Å²) in [6, 6.07) is 17.8. The molecule has 0 N–H and O–H groups in total. The number of benzene rings is 2. The van der Waals surface area contributed by atoms with Crippen molar-refractivity contribution in [1.29, 1.82) is 0 Å². The molecule has 0 radical (unpaired) electrons. The van der Waals surface area contributed by atoms with Crippen molar-refractivity contribution in [3.05, 3.63) is 72.1 Å². The van der Waals surface area contributed by atoms with Crippen LogP contribution in [0.5, 0.6) is 0 Å². The predicted molar refractivity (Wildman–Crippen MR) is 116 cm³/mol. The van der Waals surface area contributed by atoms with Gasteiger partial charge in [-0.1, -0.05) is 54.2 Å². The molecule has 0 saturated carbocycles. The summed E-state index contributed by atoms with van der Waals surface area (Å²) in [6.07, 6.45) is 1.57. The van der Waals surface area contributed by atoms with Gasteiger partial charge in [-0.25, -0.2) is 15.0 Å². The van der Waals surface area contributed by atoms with Gasteiger partial charge in [0.25, 0.3) is 0 Å². The van der Waals surface area contributed by atoms with E-state index >= 15 is 0 Å². The van der Waals surface area contributed by atoms with Crippen molar-refractivity contribution in [1.82, 2.24) is 15.0 Å². The van der Waals surface area contributed by atoms with Crippen molar-refractivity contribution < 1.29 is 4.79 Å². The zero-order chi connectivity index (χ0) is 19.1. The van der Waals surface area contributed by atoms with E-state index < -0.39 is 0 Å². The molecule has 0 atom stereocenters. The summed E-state index contributed by atoms with van der Waals surface area (Å²) < 4.78 is 0.989. The van der Waals surface area contributed by atoms with E-state index in [1.54, 1.807) is 17.7 Å². The molecule has 0 aliphatic carbocycles. The fourth-order valence-electron chi connectivity index (χ4n) is 3.19. The first-order valence-electron chi connectivity index (χ1n) is 8.85. The van der Waals surface area contributed by atoms with E-state index in [1.165, 1.54) is 17.3 Å². The molecule has 2 aromatic carbocycles. The number of carbonyl (C=O) groups excluding carboxylic acids is 1. The summed E-state index contributed by atoms with van der Waals surface area (Å²) in [5, 5.41) is 2.97. The number of carbonyl (C=O) groups is 1. The summed E-state index contributed by atoms with van der Waals surface area (Å²) in [5.41, 5.74) is 3.80. The second-order valence-electron chi connectivity index (χ2n) is 6.57. The van der Waals surface area contributed by atoms with Crippen LogP contribution in [0.2, 0.25) is 0 Å². The number of hydrogen-bond donors (Lipinski definition) is 0. The van der Waals surface area contributed by atoms with Gasteiger partial charge in [-0.15, -0.1) is 11.3 Å². The maximum atomic E-state index is 12.4. The number of rotatable bonds is 4. The normalized spacial score (nSPS) is 11.5. The van der Waals surface area contributed by atoms with Crippen LogP contribution >= 0.6 is 23.1 Å². The van der Waals surface area contributed by atoms with Gasteiger partial charge in [-0.3, -0.25) is 4.79 Å². The number of hydrogen-bond acceptors (Lipinski definition) is 6. The molecule has 0 aliphatic heterocycles. The molecular weight excluding hydrogens is 386 g/mol. The SMILES string of the molecule is Cc1ccc2cc3c(nc2c1)sc1c(SCC(=O)c2ccccc2)ncnc13. The van der Waals surface area contributed by atoms with Crippen molar-refractivity contribution in [3.8, 4) is 0 Å². The van der Waals surface area contributed by atoms with Crippen LogP contribution in [0, 0.1) is 6.92 Å². The lowest BCUT2D eigenvalue weighted by molar-refractivity contribution is 0.102. The number of thioether (sulfide) groups is 1. The van der Waals surface area contributed by atoms with E-state index in [0.717, 1.165) is 41.9 Å². The molecule has 0 amide bonds. The highest BCUT2D eigenvalue weighted by molar-refractivity contribution is 8.00. The lowest BCUT2D eigenvalue weighted by atomic mass is 10.1. The standard InChI is InChI=1S/C22H15N3OS2/c1-13-7-8-15-10-16-19-20(28-21(16)25-17(15)9-13)22(24-12-23-19)27-11-18(26)14-5-3-2-4-6-14/h2-10,12H,11H2,1H3. The molecule has 4 nitrogen and oxygen atoms in total. The van der Waals surface area contributed by atoms with Crippen LogP contribution in [0.4, 0.5) is 0 Å². The monoisotopic (exact) mass is 401 g/mol. The molecule has 5 aromatic rings. The van der Waals surface area contributed by atoms with Gasteiger partial charge < -0.3 is 0 Å². The quantitative estimate of drug-likeness (QED) is 0.220. The van der Waals surface area contributed by atoms with Crippen LogP contribution in [-0.2, 0) is 0 Å². The second kappa shape index (κ2) is 6.96. The van der Waals surface area contributed by atoms with E-state index in [4.69, 9.17) is 4.98 Å².